The molecule has 7 nitrogen and oxygen atoms in total. The molecule has 1 aromatic rings. The Morgan fingerprint density at radius 1 is 1.50 bits per heavy atom. The average Bonchev–Trinajstić information content (AvgIpc) is 2.93. The molecule has 0 bridgehead atoms. The van der Waals surface area contributed by atoms with Crippen molar-refractivity contribution < 1.29 is 9.53 Å². The van der Waals surface area contributed by atoms with Crippen molar-refractivity contribution in [3.05, 3.63) is 17.8 Å². The number of anilines is 1. The van der Waals surface area contributed by atoms with Gasteiger partial charge in [0.1, 0.15) is 5.82 Å². The van der Waals surface area contributed by atoms with Gasteiger partial charge in [0.05, 0.1) is 12.7 Å². The molecule has 108 valence electrons. The minimum absolute atomic E-state index is 0.0510. The third kappa shape index (κ3) is 2.88. The number of carbonyl (C=O) groups is 1. The molecule has 0 aliphatic carbocycles. The molecule has 2 fully saturated rings. The Bertz CT molecular complexity index is 478. The number of nitrogens with one attached hydrogen (secondary N) is 1. The fraction of sp³-hybridized carbons (Fsp3) is 0.615. The van der Waals surface area contributed by atoms with Crippen molar-refractivity contribution in [2.24, 2.45) is 0 Å². The zero-order valence-electron chi connectivity index (χ0n) is 11.3. The quantitative estimate of drug-likeness (QED) is 0.784. The maximum absolute atomic E-state index is 11.9. The largest absolute Gasteiger partial charge is 0.382 e. The number of amides is 1. The molecule has 3 N–H and O–H groups in total. The highest BCUT2D eigenvalue weighted by Crippen LogP contribution is 2.22. The third-order valence-corrected chi connectivity index (χ3v) is 3.87. The van der Waals surface area contributed by atoms with Crippen molar-refractivity contribution in [1.82, 2.24) is 20.4 Å². The van der Waals surface area contributed by atoms with Crippen molar-refractivity contribution in [3.63, 3.8) is 0 Å². The maximum atomic E-state index is 11.9. The predicted molar refractivity (Wildman–Crippen MR) is 73.1 cm³/mol. The number of hydrogen-bond acceptors (Lipinski definition) is 6. The van der Waals surface area contributed by atoms with Crippen molar-refractivity contribution in [2.45, 2.75) is 25.0 Å². The number of nitrogens with two attached hydrogens (primary N) is 1. The Morgan fingerprint density at radius 2 is 2.40 bits per heavy atom. The van der Waals surface area contributed by atoms with Gasteiger partial charge in [-0.1, -0.05) is 0 Å². The first-order valence-electron chi connectivity index (χ1n) is 6.95. The fourth-order valence-corrected chi connectivity index (χ4v) is 2.77. The molecule has 0 aromatic carbocycles. The van der Waals surface area contributed by atoms with Crippen LogP contribution >= 0.6 is 0 Å². The minimum Gasteiger partial charge on any atom is -0.382 e. The molecule has 2 saturated heterocycles. The topological polar surface area (TPSA) is 93.4 Å². The summed E-state index contributed by atoms with van der Waals surface area (Å²) in [6.07, 6.45) is 2.52. The molecule has 0 radical (unpaired) electrons. The second-order valence-corrected chi connectivity index (χ2v) is 5.30. The Morgan fingerprint density at radius 3 is 3.20 bits per heavy atom. The second kappa shape index (κ2) is 5.72. The molecular weight excluding hydrogens is 258 g/mol. The van der Waals surface area contributed by atoms with Crippen LogP contribution in [0.15, 0.2) is 12.1 Å². The molecule has 2 aliphatic heterocycles. The molecule has 20 heavy (non-hydrogen) atoms. The Kier molecular flexibility index (Phi) is 3.79. The van der Waals surface area contributed by atoms with E-state index in [4.69, 9.17) is 10.5 Å². The normalized spacial score (nSPS) is 26.2. The van der Waals surface area contributed by atoms with E-state index < -0.39 is 0 Å². The number of nitrogens with zero attached hydrogens (tertiary/aromatic N) is 3. The summed E-state index contributed by atoms with van der Waals surface area (Å²) in [5.74, 6) is 0.0573. The highest BCUT2D eigenvalue weighted by molar-refractivity contribution is 5.92. The first-order valence-corrected chi connectivity index (χ1v) is 6.95. The SMILES string of the molecule is Nc1ccc(C(=O)NCC2CN3CCCC3CO2)nn1. The van der Waals surface area contributed by atoms with Gasteiger partial charge >= 0.3 is 0 Å². The fourth-order valence-electron chi connectivity index (χ4n) is 2.77. The standard InChI is InChI=1S/C13H19N5O2/c14-12-4-3-11(16-17-12)13(19)15-6-10-7-18-5-1-2-9(18)8-20-10/h3-4,9-10H,1-2,5-8H2,(H2,14,17)(H,15,19). The van der Waals surface area contributed by atoms with E-state index in [2.05, 4.69) is 20.4 Å². The highest BCUT2D eigenvalue weighted by atomic mass is 16.5. The summed E-state index contributed by atoms with van der Waals surface area (Å²) in [7, 11) is 0. The van der Waals surface area contributed by atoms with Crippen LogP contribution in [-0.4, -0.2) is 59.4 Å². The van der Waals surface area contributed by atoms with E-state index in [1.165, 1.54) is 12.8 Å². The number of morpholine rings is 1. The van der Waals surface area contributed by atoms with Crippen LogP contribution in [0.4, 0.5) is 5.82 Å². The number of aromatic nitrogens is 2. The van der Waals surface area contributed by atoms with Crippen LogP contribution in [0.2, 0.25) is 0 Å². The Labute approximate surface area is 117 Å². The van der Waals surface area contributed by atoms with Crippen LogP contribution in [0, 0.1) is 0 Å². The molecule has 2 aliphatic rings. The van der Waals surface area contributed by atoms with E-state index >= 15 is 0 Å². The van der Waals surface area contributed by atoms with Gasteiger partial charge in [-0.05, 0) is 31.5 Å². The first kappa shape index (κ1) is 13.3. The van der Waals surface area contributed by atoms with Crippen LogP contribution in [0.1, 0.15) is 23.3 Å². The van der Waals surface area contributed by atoms with E-state index in [-0.39, 0.29) is 17.7 Å². The Hall–Kier alpha value is -1.73. The monoisotopic (exact) mass is 277 g/mol. The lowest BCUT2D eigenvalue weighted by Gasteiger charge is -2.35. The van der Waals surface area contributed by atoms with Gasteiger partial charge in [0.15, 0.2) is 5.69 Å². The molecule has 0 saturated carbocycles. The maximum Gasteiger partial charge on any atom is 0.271 e. The summed E-state index contributed by atoms with van der Waals surface area (Å²) in [6.45, 7) is 3.29. The van der Waals surface area contributed by atoms with Crippen LogP contribution in [-0.2, 0) is 4.74 Å². The number of nitrogen functional groups attached to an aromatic ring is 1. The van der Waals surface area contributed by atoms with E-state index in [1.54, 1.807) is 12.1 Å². The number of hydrogen-bond donors (Lipinski definition) is 2. The number of carbonyl (C=O) groups excluding carboxylic acids is 1. The third-order valence-electron chi connectivity index (χ3n) is 3.87. The molecular formula is C13H19N5O2. The van der Waals surface area contributed by atoms with Gasteiger partial charge in [-0.2, -0.15) is 0 Å². The second-order valence-electron chi connectivity index (χ2n) is 5.30. The first-order chi connectivity index (χ1) is 9.72. The van der Waals surface area contributed by atoms with E-state index in [0.29, 0.717) is 18.4 Å². The van der Waals surface area contributed by atoms with E-state index in [0.717, 1.165) is 19.7 Å². The van der Waals surface area contributed by atoms with Crippen LogP contribution < -0.4 is 11.1 Å². The van der Waals surface area contributed by atoms with Gasteiger partial charge in [-0.15, -0.1) is 10.2 Å². The number of rotatable bonds is 3. The smallest absolute Gasteiger partial charge is 0.271 e. The summed E-state index contributed by atoms with van der Waals surface area (Å²) in [5.41, 5.74) is 5.71. The predicted octanol–water partition coefficient (Wildman–Crippen LogP) is -0.348. The van der Waals surface area contributed by atoms with Gasteiger partial charge in [-0.3, -0.25) is 9.69 Å². The zero-order chi connectivity index (χ0) is 13.9. The average molecular weight is 277 g/mol. The molecule has 7 heteroatoms. The molecule has 1 aromatic heterocycles. The van der Waals surface area contributed by atoms with E-state index in [9.17, 15) is 4.79 Å². The van der Waals surface area contributed by atoms with Gasteiger partial charge in [-0.25, -0.2) is 0 Å². The summed E-state index contributed by atoms with van der Waals surface area (Å²) in [5, 5.41) is 10.3. The van der Waals surface area contributed by atoms with Crippen molar-refractivity contribution >= 4 is 11.7 Å². The lowest BCUT2D eigenvalue weighted by atomic mass is 10.2. The van der Waals surface area contributed by atoms with Crippen LogP contribution in [0.5, 0.6) is 0 Å². The van der Waals surface area contributed by atoms with Crippen molar-refractivity contribution in [1.29, 1.82) is 0 Å². The number of fused-ring (bicyclic) bond motifs is 1. The van der Waals surface area contributed by atoms with Gasteiger partial charge in [0.2, 0.25) is 0 Å². The lowest BCUT2D eigenvalue weighted by Crippen LogP contribution is -2.50. The molecule has 1 amide bonds. The molecule has 3 rings (SSSR count). The van der Waals surface area contributed by atoms with Gasteiger partial charge in [0.25, 0.3) is 5.91 Å². The van der Waals surface area contributed by atoms with Crippen LogP contribution in [0.25, 0.3) is 0 Å². The summed E-state index contributed by atoms with van der Waals surface area (Å²) >= 11 is 0. The lowest BCUT2D eigenvalue weighted by molar-refractivity contribution is -0.0462. The summed E-state index contributed by atoms with van der Waals surface area (Å²) < 4.78 is 5.78. The van der Waals surface area contributed by atoms with Gasteiger partial charge in [0, 0.05) is 19.1 Å². The summed E-state index contributed by atoms with van der Waals surface area (Å²) in [6, 6.07) is 3.70. The minimum atomic E-state index is -0.246. The Balaban J connectivity index is 1.49. The zero-order valence-corrected chi connectivity index (χ0v) is 11.3. The number of ether oxygens (including phenoxy) is 1. The van der Waals surface area contributed by atoms with E-state index in [1.807, 2.05) is 0 Å². The highest BCUT2D eigenvalue weighted by Gasteiger charge is 2.32. The molecule has 0 spiro atoms. The van der Waals surface area contributed by atoms with Crippen molar-refractivity contribution in [2.75, 3.05) is 32.0 Å². The summed E-state index contributed by atoms with van der Waals surface area (Å²) in [4.78, 5) is 14.4. The van der Waals surface area contributed by atoms with Crippen LogP contribution in [0.3, 0.4) is 0 Å². The van der Waals surface area contributed by atoms with Gasteiger partial charge < -0.3 is 15.8 Å². The molecule has 2 unspecified atom stereocenters. The van der Waals surface area contributed by atoms with Crippen molar-refractivity contribution in [3.8, 4) is 0 Å². The molecule has 3 heterocycles. The molecule has 2 atom stereocenters.